The standard InChI is InChI=1S/C14H15BrN4/c15-11-4-2-1-3-10(11)7-13-17-12(9-5-6-9)8-14(18-13)19-16/h1-4,8-9H,5-7,16H2,(H,17,18,19). The fourth-order valence-corrected chi connectivity index (χ4v) is 2.50. The highest BCUT2D eigenvalue weighted by Crippen LogP contribution is 2.39. The number of hydrogen-bond donors (Lipinski definition) is 2. The van der Waals surface area contributed by atoms with Gasteiger partial charge in [-0.05, 0) is 24.5 Å². The molecule has 0 saturated heterocycles. The molecule has 0 amide bonds. The zero-order chi connectivity index (χ0) is 13.2. The zero-order valence-corrected chi connectivity index (χ0v) is 12.0. The van der Waals surface area contributed by atoms with Gasteiger partial charge in [-0.1, -0.05) is 34.1 Å². The number of benzene rings is 1. The van der Waals surface area contributed by atoms with Gasteiger partial charge in [-0.3, -0.25) is 0 Å². The minimum Gasteiger partial charge on any atom is -0.308 e. The average Bonchev–Trinajstić information content (AvgIpc) is 3.25. The van der Waals surface area contributed by atoms with Crippen LogP contribution in [0.5, 0.6) is 0 Å². The Kier molecular flexibility index (Phi) is 3.48. The SMILES string of the molecule is NNc1cc(C2CC2)nc(Cc2ccccc2Br)n1. The zero-order valence-electron chi connectivity index (χ0n) is 10.4. The van der Waals surface area contributed by atoms with Crippen LogP contribution in [0.4, 0.5) is 5.82 Å². The second kappa shape index (κ2) is 5.27. The maximum atomic E-state index is 5.48. The second-order valence-electron chi connectivity index (χ2n) is 4.78. The molecule has 0 radical (unpaired) electrons. The fraction of sp³-hybridized carbons (Fsp3) is 0.286. The number of anilines is 1. The molecule has 98 valence electrons. The molecule has 4 nitrogen and oxygen atoms in total. The van der Waals surface area contributed by atoms with Gasteiger partial charge in [0.2, 0.25) is 0 Å². The highest BCUT2D eigenvalue weighted by atomic mass is 79.9. The first-order valence-electron chi connectivity index (χ1n) is 6.34. The van der Waals surface area contributed by atoms with Crippen LogP contribution >= 0.6 is 15.9 Å². The van der Waals surface area contributed by atoms with Crippen molar-refractivity contribution in [2.24, 2.45) is 5.84 Å². The van der Waals surface area contributed by atoms with E-state index in [1.165, 1.54) is 18.4 Å². The number of nitrogen functional groups attached to an aromatic ring is 1. The Hall–Kier alpha value is -1.46. The molecule has 1 aromatic heterocycles. The van der Waals surface area contributed by atoms with Crippen LogP contribution in [-0.2, 0) is 6.42 Å². The molecule has 0 bridgehead atoms. The van der Waals surface area contributed by atoms with E-state index < -0.39 is 0 Å². The number of rotatable bonds is 4. The first kappa shape index (κ1) is 12.6. The number of nitrogens with one attached hydrogen (secondary N) is 1. The minimum atomic E-state index is 0.591. The van der Waals surface area contributed by atoms with E-state index in [0.717, 1.165) is 16.0 Å². The van der Waals surface area contributed by atoms with Crippen LogP contribution in [0.15, 0.2) is 34.8 Å². The predicted molar refractivity (Wildman–Crippen MR) is 78.8 cm³/mol. The lowest BCUT2D eigenvalue weighted by Crippen LogP contribution is -2.11. The molecular formula is C14H15BrN4. The van der Waals surface area contributed by atoms with E-state index in [4.69, 9.17) is 5.84 Å². The number of hydrogen-bond acceptors (Lipinski definition) is 4. The predicted octanol–water partition coefficient (Wildman–Crippen LogP) is 2.99. The quantitative estimate of drug-likeness (QED) is 0.672. The van der Waals surface area contributed by atoms with Crippen molar-refractivity contribution in [2.75, 3.05) is 5.43 Å². The molecule has 1 aliphatic carbocycles. The number of hydrazine groups is 1. The van der Waals surface area contributed by atoms with E-state index in [1.54, 1.807) is 0 Å². The minimum absolute atomic E-state index is 0.591. The molecule has 0 unspecified atom stereocenters. The highest BCUT2D eigenvalue weighted by Gasteiger charge is 2.26. The maximum absolute atomic E-state index is 5.48. The van der Waals surface area contributed by atoms with Gasteiger partial charge < -0.3 is 5.43 Å². The Morgan fingerprint density at radius 3 is 2.74 bits per heavy atom. The van der Waals surface area contributed by atoms with E-state index in [9.17, 15) is 0 Å². The molecule has 1 aromatic carbocycles. The Morgan fingerprint density at radius 2 is 2.05 bits per heavy atom. The summed E-state index contributed by atoms with van der Waals surface area (Å²) in [6.07, 6.45) is 3.14. The number of nitrogens with two attached hydrogens (primary N) is 1. The highest BCUT2D eigenvalue weighted by molar-refractivity contribution is 9.10. The van der Waals surface area contributed by atoms with Crippen molar-refractivity contribution in [3.8, 4) is 0 Å². The fourth-order valence-electron chi connectivity index (χ4n) is 2.07. The van der Waals surface area contributed by atoms with Crippen molar-refractivity contribution in [2.45, 2.75) is 25.2 Å². The van der Waals surface area contributed by atoms with Gasteiger partial charge in [0.05, 0.1) is 0 Å². The van der Waals surface area contributed by atoms with Crippen molar-refractivity contribution in [3.05, 3.63) is 51.9 Å². The first-order chi connectivity index (χ1) is 9.26. The largest absolute Gasteiger partial charge is 0.308 e. The molecule has 3 rings (SSSR count). The van der Waals surface area contributed by atoms with Crippen LogP contribution in [0.1, 0.15) is 35.8 Å². The van der Waals surface area contributed by atoms with Crippen LogP contribution in [0, 0.1) is 0 Å². The third kappa shape index (κ3) is 2.93. The summed E-state index contributed by atoms with van der Waals surface area (Å²) in [6, 6.07) is 10.1. The Bertz CT molecular complexity index is 596. The smallest absolute Gasteiger partial charge is 0.143 e. The lowest BCUT2D eigenvalue weighted by atomic mass is 10.1. The second-order valence-corrected chi connectivity index (χ2v) is 5.64. The lowest BCUT2D eigenvalue weighted by molar-refractivity contribution is 0.897. The van der Waals surface area contributed by atoms with Gasteiger partial charge in [-0.25, -0.2) is 15.8 Å². The van der Waals surface area contributed by atoms with E-state index in [0.29, 0.717) is 18.2 Å². The molecule has 0 spiro atoms. The Morgan fingerprint density at radius 1 is 1.26 bits per heavy atom. The molecule has 0 aliphatic heterocycles. The van der Waals surface area contributed by atoms with Crippen molar-refractivity contribution < 1.29 is 0 Å². The van der Waals surface area contributed by atoms with Crippen molar-refractivity contribution in [1.29, 1.82) is 0 Å². The van der Waals surface area contributed by atoms with Gasteiger partial charge in [-0.15, -0.1) is 0 Å². The van der Waals surface area contributed by atoms with Crippen molar-refractivity contribution in [3.63, 3.8) is 0 Å². The van der Waals surface area contributed by atoms with E-state index in [-0.39, 0.29) is 0 Å². The summed E-state index contributed by atoms with van der Waals surface area (Å²) < 4.78 is 1.08. The Labute approximate surface area is 120 Å². The van der Waals surface area contributed by atoms with Crippen LogP contribution in [0.3, 0.4) is 0 Å². The summed E-state index contributed by atoms with van der Waals surface area (Å²) in [6.45, 7) is 0. The summed E-state index contributed by atoms with van der Waals surface area (Å²) in [4.78, 5) is 9.08. The number of halogens is 1. The van der Waals surface area contributed by atoms with Gasteiger partial charge in [0.15, 0.2) is 0 Å². The Balaban J connectivity index is 1.91. The van der Waals surface area contributed by atoms with Gasteiger partial charge in [0.25, 0.3) is 0 Å². The molecule has 1 heterocycles. The molecule has 5 heteroatoms. The van der Waals surface area contributed by atoms with Gasteiger partial charge >= 0.3 is 0 Å². The van der Waals surface area contributed by atoms with Crippen molar-refractivity contribution >= 4 is 21.7 Å². The molecule has 1 saturated carbocycles. The molecule has 1 aliphatic rings. The van der Waals surface area contributed by atoms with Crippen LogP contribution < -0.4 is 11.3 Å². The number of aromatic nitrogens is 2. The van der Waals surface area contributed by atoms with E-state index >= 15 is 0 Å². The summed E-state index contributed by atoms with van der Waals surface area (Å²) in [7, 11) is 0. The van der Waals surface area contributed by atoms with E-state index in [1.807, 2.05) is 24.3 Å². The normalized spacial score (nSPS) is 14.4. The molecule has 19 heavy (non-hydrogen) atoms. The lowest BCUT2D eigenvalue weighted by Gasteiger charge is -2.08. The molecule has 3 N–H and O–H groups in total. The van der Waals surface area contributed by atoms with Gasteiger partial charge in [0, 0.05) is 28.6 Å². The summed E-state index contributed by atoms with van der Waals surface area (Å²) in [5.74, 6) is 7.58. The third-order valence-corrected chi connectivity index (χ3v) is 4.02. The molecule has 0 atom stereocenters. The summed E-state index contributed by atoms with van der Waals surface area (Å²) in [5.41, 5.74) is 4.91. The topological polar surface area (TPSA) is 63.8 Å². The average molecular weight is 319 g/mol. The maximum Gasteiger partial charge on any atom is 0.143 e. The van der Waals surface area contributed by atoms with Crippen molar-refractivity contribution in [1.82, 2.24) is 9.97 Å². The monoisotopic (exact) mass is 318 g/mol. The molecule has 2 aromatic rings. The summed E-state index contributed by atoms with van der Waals surface area (Å²) >= 11 is 3.55. The van der Waals surface area contributed by atoms with Crippen LogP contribution in [0.2, 0.25) is 0 Å². The first-order valence-corrected chi connectivity index (χ1v) is 7.13. The van der Waals surface area contributed by atoms with Crippen LogP contribution in [0.25, 0.3) is 0 Å². The van der Waals surface area contributed by atoms with Gasteiger partial charge in [-0.2, -0.15) is 0 Å². The third-order valence-electron chi connectivity index (χ3n) is 3.24. The van der Waals surface area contributed by atoms with E-state index in [2.05, 4.69) is 37.4 Å². The van der Waals surface area contributed by atoms with Gasteiger partial charge in [0.1, 0.15) is 11.6 Å². The summed E-state index contributed by atoms with van der Waals surface area (Å²) in [5, 5.41) is 0. The molecular weight excluding hydrogens is 304 g/mol. The van der Waals surface area contributed by atoms with Crippen LogP contribution in [-0.4, -0.2) is 9.97 Å². The molecule has 1 fully saturated rings. The number of nitrogens with zero attached hydrogens (tertiary/aromatic N) is 2.